The van der Waals surface area contributed by atoms with Crippen molar-refractivity contribution < 1.29 is 19.1 Å². The third-order valence-electron chi connectivity index (χ3n) is 7.56. The first kappa shape index (κ1) is 27.4. The average molecular weight is 498 g/mol. The molecule has 1 N–H and O–H groups in total. The van der Waals surface area contributed by atoms with Crippen LogP contribution >= 0.6 is 0 Å². The van der Waals surface area contributed by atoms with Crippen molar-refractivity contribution in [2.45, 2.75) is 89.4 Å². The standard InChI is InChI=1S/C29H43NO4Si/c1-27(2,3)30(26(31)32)23-18-20-29(33-7,21-19-23)22-34-35(28(4,5)6,24-14-10-8-11-15-24)25-16-12-9-13-17-25/h8-17,23H,18-22H2,1-7H3,(H,31,32)/t23-,29+. The number of carbonyl (C=O) groups is 1. The van der Waals surface area contributed by atoms with Crippen molar-refractivity contribution in [2.24, 2.45) is 0 Å². The van der Waals surface area contributed by atoms with E-state index in [1.54, 1.807) is 12.0 Å². The van der Waals surface area contributed by atoms with Crippen LogP contribution < -0.4 is 10.4 Å². The van der Waals surface area contributed by atoms with Crippen LogP contribution in [-0.4, -0.2) is 55.3 Å². The van der Waals surface area contributed by atoms with E-state index in [4.69, 9.17) is 9.16 Å². The number of carboxylic acid groups (broad SMARTS) is 1. The van der Waals surface area contributed by atoms with E-state index in [1.807, 2.05) is 20.8 Å². The van der Waals surface area contributed by atoms with E-state index >= 15 is 0 Å². The van der Waals surface area contributed by atoms with Crippen LogP contribution in [0.4, 0.5) is 4.79 Å². The Morgan fingerprint density at radius 1 is 0.943 bits per heavy atom. The SMILES string of the molecule is CO[C@]1(CO[Si](c2ccccc2)(c2ccccc2)C(C)(C)C)CC[C@H](N(C(=O)O)C(C)(C)C)CC1. The third kappa shape index (κ3) is 5.65. The van der Waals surface area contributed by atoms with Crippen molar-refractivity contribution in [3.05, 3.63) is 60.7 Å². The van der Waals surface area contributed by atoms with Crippen molar-refractivity contribution in [1.29, 1.82) is 0 Å². The topological polar surface area (TPSA) is 59.0 Å². The van der Waals surface area contributed by atoms with Gasteiger partial charge in [0.25, 0.3) is 8.32 Å². The molecule has 192 valence electrons. The molecule has 2 aromatic rings. The van der Waals surface area contributed by atoms with Gasteiger partial charge in [-0.25, -0.2) is 4.79 Å². The molecule has 0 aliphatic heterocycles. The van der Waals surface area contributed by atoms with Gasteiger partial charge in [-0.05, 0) is 61.9 Å². The van der Waals surface area contributed by atoms with Gasteiger partial charge in [0.05, 0.1) is 12.2 Å². The van der Waals surface area contributed by atoms with Crippen LogP contribution in [0, 0.1) is 0 Å². The number of rotatable bonds is 7. The lowest BCUT2D eigenvalue weighted by Gasteiger charge is -2.48. The first-order valence-electron chi connectivity index (χ1n) is 12.7. The molecule has 0 bridgehead atoms. The molecule has 1 fully saturated rings. The van der Waals surface area contributed by atoms with Gasteiger partial charge in [0.2, 0.25) is 0 Å². The molecular formula is C29H43NO4Si. The Balaban J connectivity index is 1.92. The molecule has 0 radical (unpaired) electrons. The minimum Gasteiger partial charge on any atom is -0.465 e. The van der Waals surface area contributed by atoms with Crippen molar-refractivity contribution >= 4 is 24.8 Å². The normalized spacial score (nSPS) is 21.5. The average Bonchev–Trinajstić information content (AvgIpc) is 2.80. The molecule has 0 spiro atoms. The van der Waals surface area contributed by atoms with Gasteiger partial charge >= 0.3 is 6.09 Å². The molecular weight excluding hydrogens is 454 g/mol. The summed E-state index contributed by atoms with van der Waals surface area (Å²) in [5, 5.41) is 12.3. The Hall–Kier alpha value is -2.15. The van der Waals surface area contributed by atoms with Gasteiger partial charge in [0, 0.05) is 18.7 Å². The predicted octanol–water partition coefficient (Wildman–Crippen LogP) is 5.67. The van der Waals surface area contributed by atoms with E-state index < -0.39 is 25.6 Å². The molecule has 0 heterocycles. The smallest absolute Gasteiger partial charge is 0.407 e. The number of nitrogens with zero attached hydrogens (tertiary/aromatic N) is 1. The molecule has 1 aliphatic rings. The molecule has 3 rings (SSSR count). The summed E-state index contributed by atoms with van der Waals surface area (Å²) >= 11 is 0. The van der Waals surface area contributed by atoms with E-state index in [9.17, 15) is 9.90 Å². The molecule has 0 saturated heterocycles. The summed E-state index contributed by atoms with van der Waals surface area (Å²) in [4.78, 5) is 13.7. The van der Waals surface area contributed by atoms with Crippen LogP contribution in [0.5, 0.6) is 0 Å². The van der Waals surface area contributed by atoms with E-state index in [0.29, 0.717) is 6.61 Å². The fraction of sp³-hybridized carbons (Fsp3) is 0.552. The van der Waals surface area contributed by atoms with Crippen molar-refractivity contribution in [3.63, 3.8) is 0 Å². The summed E-state index contributed by atoms with van der Waals surface area (Å²) in [5.41, 5.74) is -0.861. The van der Waals surface area contributed by atoms with E-state index in [-0.39, 0.29) is 11.1 Å². The maximum atomic E-state index is 12.0. The zero-order chi connectivity index (χ0) is 25.9. The quantitative estimate of drug-likeness (QED) is 0.501. The number of benzene rings is 2. The van der Waals surface area contributed by atoms with Gasteiger partial charge in [-0.3, -0.25) is 0 Å². The summed E-state index contributed by atoms with van der Waals surface area (Å²) in [7, 11) is -0.896. The summed E-state index contributed by atoms with van der Waals surface area (Å²) < 4.78 is 13.4. The third-order valence-corrected chi connectivity index (χ3v) is 12.5. The zero-order valence-corrected chi connectivity index (χ0v) is 23.5. The Bertz CT molecular complexity index is 918. The van der Waals surface area contributed by atoms with Crippen LogP contribution in [0.3, 0.4) is 0 Å². The molecule has 5 nitrogen and oxygen atoms in total. The Morgan fingerprint density at radius 2 is 1.40 bits per heavy atom. The molecule has 1 saturated carbocycles. The molecule has 1 aliphatic carbocycles. The fourth-order valence-electron chi connectivity index (χ4n) is 5.79. The highest BCUT2D eigenvalue weighted by molar-refractivity contribution is 6.99. The number of hydrogen-bond donors (Lipinski definition) is 1. The highest BCUT2D eigenvalue weighted by Gasteiger charge is 2.52. The minimum absolute atomic E-state index is 0.0105. The van der Waals surface area contributed by atoms with E-state index in [1.165, 1.54) is 10.4 Å². The summed E-state index contributed by atoms with van der Waals surface area (Å²) in [5.74, 6) is 0. The molecule has 0 unspecified atom stereocenters. The lowest BCUT2D eigenvalue weighted by atomic mass is 9.81. The largest absolute Gasteiger partial charge is 0.465 e. The molecule has 0 aromatic heterocycles. The van der Waals surface area contributed by atoms with Crippen LogP contribution in [0.2, 0.25) is 5.04 Å². The second kappa shape index (κ2) is 10.5. The van der Waals surface area contributed by atoms with Crippen LogP contribution in [0.25, 0.3) is 0 Å². The predicted molar refractivity (Wildman–Crippen MR) is 145 cm³/mol. The highest BCUT2D eigenvalue weighted by atomic mass is 28.4. The molecule has 2 aromatic carbocycles. The highest BCUT2D eigenvalue weighted by Crippen LogP contribution is 2.40. The molecule has 6 heteroatoms. The first-order valence-corrected chi connectivity index (χ1v) is 14.6. The fourth-order valence-corrected chi connectivity index (χ4v) is 10.4. The van der Waals surface area contributed by atoms with Gasteiger partial charge in [0.1, 0.15) is 0 Å². The van der Waals surface area contributed by atoms with Gasteiger partial charge < -0.3 is 19.2 Å². The van der Waals surface area contributed by atoms with Crippen LogP contribution in [0.1, 0.15) is 67.2 Å². The Labute approximate surface area is 212 Å². The van der Waals surface area contributed by atoms with Crippen molar-refractivity contribution in [2.75, 3.05) is 13.7 Å². The molecule has 35 heavy (non-hydrogen) atoms. The second-order valence-corrected chi connectivity index (χ2v) is 16.2. The van der Waals surface area contributed by atoms with Gasteiger partial charge in [-0.2, -0.15) is 0 Å². The number of methoxy groups -OCH3 is 1. The van der Waals surface area contributed by atoms with Crippen molar-refractivity contribution in [1.82, 2.24) is 4.90 Å². The summed E-state index contributed by atoms with van der Waals surface area (Å²) in [6, 6.07) is 21.3. The number of hydrogen-bond acceptors (Lipinski definition) is 3. The lowest BCUT2D eigenvalue weighted by Crippen LogP contribution is -2.68. The number of ether oxygens (including phenoxy) is 1. The van der Waals surface area contributed by atoms with Gasteiger partial charge in [0.15, 0.2) is 0 Å². The van der Waals surface area contributed by atoms with Crippen molar-refractivity contribution in [3.8, 4) is 0 Å². The molecule has 0 atom stereocenters. The van der Waals surface area contributed by atoms with E-state index in [2.05, 4.69) is 81.4 Å². The van der Waals surface area contributed by atoms with Gasteiger partial charge in [-0.15, -0.1) is 0 Å². The summed E-state index contributed by atoms with van der Waals surface area (Å²) in [6.07, 6.45) is 2.22. The second-order valence-electron chi connectivity index (χ2n) is 11.9. The maximum absolute atomic E-state index is 12.0. The number of amides is 1. The lowest BCUT2D eigenvalue weighted by molar-refractivity contribution is -0.0866. The van der Waals surface area contributed by atoms with Crippen LogP contribution in [-0.2, 0) is 9.16 Å². The molecule has 1 amide bonds. The monoisotopic (exact) mass is 497 g/mol. The summed E-state index contributed by atoms with van der Waals surface area (Å²) in [6.45, 7) is 13.2. The Kier molecular flexibility index (Phi) is 8.19. The minimum atomic E-state index is -2.67. The first-order chi connectivity index (χ1) is 16.4. The zero-order valence-electron chi connectivity index (χ0n) is 22.5. The van der Waals surface area contributed by atoms with Crippen LogP contribution in [0.15, 0.2) is 60.7 Å². The van der Waals surface area contributed by atoms with Gasteiger partial charge in [-0.1, -0.05) is 81.4 Å². The maximum Gasteiger partial charge on any atom is 0.407 e. The van der Waals surface area contributed by atoms with E-state index in [0.717, 1.165) is 25.7 Å². The Morgan fingerprint density at radius 3 is 1.74 bits per heavy atom.